The van der Waals surface area contributed by atoms with Gasteiger partial charge in [0.2, 0.25) is 0 Å². The summed E-state index contributed by atoms with van der Waals surface area (Å²) >= 11 is 1.25. The van der Waals surface area contributed by atoms with E-state index in [1.54, 1.807) is 5.38 Å². The summed E-state index contributed by atoms with van der Waals surface area (Å²) in [5.74, 6) is -0.684. The first-order valence-electron chi connectivity index (χ1n) is 8.68. The second-order valence-corrected chi connectivity index (χ2v) is 6.82. The summed E-state index contributed by atoms with van der Waals surface area (Å²) in [5, 5.41) is 4.84. The maximum absolute atomic E-state index is 12.3. The number of aromatic nitrogens is 1. The van der Waals surface area contributed by atoms with Gasteiger partial charge in [-0.2, -0.15) is 0 Å². The number of hydrogen-bond acceptors (Lipinski definition) is 6. The molecule has 0 saturated carbocycles. The molecule has 0 atom stereocenters. The predicted octanol–water partition coefficient (Wildman–Crippen LogP) is 3.60. The SMILES string of the molecule is COC(=O)Cc1csc(NC(=O)COC(c2ccccc2)c2ccccc2)n1. The highest BCUT2D eigenvalue weighted by molar-refractivity contribution is 7.13. The lowest BCUT2D eigenvalue weighted by Gasteiger charge is -2.18. The fourth-order valence-electron chi connectivity index (χ4n) is 2.62. The zero-order chi connectivity index (χ0) is 19.8. The van der Waals surface area contributed by atoms with Gasteiger partial charge in [-0.05, 0) is 11.1 Å². The van der Waals surface area contributed by atoms with Gasteiger partial charge in [-0.1, -0.05) is 60.7 Å². The lowest BCUT2D eigenvalue weighted by Crippen LogP contribution is -2.20. The van der Waals surface area contributed by atoms with Crippen molar-refractivity contribution in [2.75, 3.05) is 19.0 Å². The third-order valence-corrected chi connectivity index (χ3v) is 4.74. The van der Waals surface area contributed by atoms with Crippen molar-refractivity contribution in [3.63, 3.8) is 0 Å². The topological polar surface area (TPSA) is 77.5 Å². The summed E-state index contributed by atoms with van der Waals surface area (Å²) in [6, 6.07) is 19.5. The largest absolute Gasteiger partial charge is 0.469 e. The minimum atomic E-state index is -0.375. The van der Waals surface area contributed by atoms with E-state index in [0.29, 0.717) is 10.8 Å². The Balaban J connectivity index is 1.62. The molecule has 1 heterocycles. The second kappa shape index (κ2) is 9.77. The number of carbonyl (C=O) groups is 2. The number of anilines is 1. The summed E-state index contributed by atoms with van der Waals surface area (Å²) < 4.78 is 10.5. The summed E-state index contributed by atoms with van der Waals surface area (Å²) in [4.78, 5) is 27.8. The normalized spacial score (nSPS) is 10.6. The Morgan fingerprint density at radius 3 is 2.21 bits per heavy atom. The quantitative estimate of drug-likeness (QED) is 0.589. The molecule has 1 aromatic heterocycles. The Morgan fingerprint density at radius 2 is 1.64 bits per heavy atom. The van der Waals surface area contributed by atoms with Crippen molar-refractivity contribution in [1.82, 2.24) is 4.98 Å². The van der Waals surface area contributed by atoms with E-state index < -0.39 is 0 Å². The van der Waals surface area contributed by atoms with Crippen molar-refractivity contribution in [2.45, 2.75) is 12.5 Å². The summed E-state index contributed by atoms with van der Waals surface area (Å²) in [6.07, 6.45) is -0.275. The Morgan fingerprint density at radius 1 is 1.04 bits per heavy atom. The first-order chi connectivity index (χ1) is 13.7. The Kier molecular flexibility index (Phi) is 6.89. The Labute approximate surface area is 167 Å². The number of rotatable bonds is 8. The van der Waals surface area contributed by atoms with Gasteiger partial charge in [0.15, 0.2) is 5.13 Å². The molecular formula is C21H20N2O4S. The summed E-state index contributed by atoms with van der Waals surface area (Å²) in [7, 11) is 1.32. The number of benzene rings is 2. The maximum atomic E-state index is 12.3. The molecule has 1 N–H and O–H groups in total. The highest BCUT2D eigenvalue weighted by Crippen LogP contribution is 2.25. The Bertz CT molecular complexity index is 873. The molecule has 0 unspecified atom stereocenters. The first kappa shape index (κ1) is 19.7. The first-order valence-corrected chi connectivity index (χ1v) is 9.56. The monoisotopic (exact) mass is 396 g/mol. The van der Waals surface area contributed by atoms with E-state index in [9.17, 15) is 9.59 Å². The van der Waals surface area contributed by atoms with Gasteiger partial charge < -0.3 is 9.47 Å². The molecule has 2 aromatic carbocycles. The maximum Gasteiger partial charge on any atom is 0.311 e. The standard InChI is InChI=1S/C21H20N2O4S/c1-26-19(25)12-17-14-28-21(22-17)23-18(24)13-27-20(15-8-4-2-5-9-15)16-10-6-3-7-11-16/h2-11,14,20H,12-13H2,1H3,(H,22,23,24). The highest BCUT2D eigenvalue weighted by Gasteiger charge is 2.17. The van der Waals surface area contributed by atoms with Crippen molar-refractivity contribution in [3.05, 3.63) is 82.9 Å². The molecule has 1 amide bonds. The minimum absolute atomic E-state index is 0.0729. The molecule has 0 saturated heterocycles. The molecule has 3 aromatic rings. The van der Waals surface area contributed by atoms with Crippen LogP contribution in [0.25, 0.3) is 0 Å². The van der Waals surface area contributed by atoms with Crippen molar-refractivity contribution in [1.29, 1.82) is 0 Å². The van der Waals surface area contributed by atoms with E-state index in [1.165, 1.54) is 18.4 Å². The molecule has 0 aliphatic carbocycles. The van der Waals surface area contributed by atoms with E-state index in [4.69, 9.17) is 4.74 Å². The van der Waals surface area contributed by atoms with Crippen LogP contribution in [0.3, 0.4) is 0 Å². The van der Waals surface area contributed by atoms with Crippen molar-refractivity contribution in [3.8, 4) is 0 Å². The van der Waals surface area contributed by atoms with Crippen LogP contribution < -0.4 is 5.32 Å². The number of thiazole rings is 1. The minimum Gasteiger partial charge on any atom is -0.469 e. The van der Waals surface area contributed by atoms with Crippen LogP contribution in [0.15, 0.2) is 66.0 Å². The number of methoxy groups -OCH3 is 1. The van der Waals surface area contributed by atoms with Crippen molar-refractivity contribution in [2.24, 2.45) is 0 Å². The number of nitrogens with zero attached hydrogens (tertiary/aromatic N) is 1. The molecule has 7 heteroatoms. The van der Waals surface area contributed by atoms with Crippen LogP contribution >= 0.6 is 11.3 Å². The zero-order valence-corrected chi connectivity index (χ0v) is 16.1. The molecule has 0 aliphatic rings. The van der Waals surface area contributed by atoms with Gasteiger partial charge >= 0.3 is 5.97 Å². The smallest absolute Gasteiger partial charge is 0.311 e. The number of amides is 1. The lowest BCUT2D eigenvalue weighted by atomic mass is 10.0. The molecule has 144 valence electrons. The molecule has 0 spiro atoms. The van der Waals surface area contributed by atoms with Crippen LogP contribution in [0, 0.1) is 0 Å². The summed E-state index contributed by atoms with van der Waals surface area (Å²) in [6.45, 7) is -0.125. The average molecular weight is 396 g/mol. The van der Waals surface area contributed by atoms with Crippen LogP contribution in [0.5, 0.6) is 0 Å². The Hall–Kier alpha value is -3.03. The molecule has 3 rings (SSSR count). The molecule has 0 radical (unpaired) electrons. The van der Waals surface area contributed by atoms with Crippen LogP contribution in [-0.2, 0) is 25.5 Å². The second-order valence-electron chi connectivity index (χ2n) is 5.96. The molecule has 0 aliphatic heterocycles. The van der Waals surface area contributed by atoms with Gasteiger partial charge in [0.05, 0.1) is 19.2 Å². The van der Waals surface area contributed by atoms with Crippen LogP contribution in [0.1, 0.15) is 22.9 Å². The number of ether oxygens (including phenoxy) is 2. The van der Waals surface area contributed by atoms with E-state index in [-0.39, 0.29) is 31.0 Å². The molecule has 28 heavy (non-hydrogen) atoms. The number of hydrogen-bond donors (Lipinski definition) is 1. The fourth-order valence-corrected chi connectivity index (χ4v) is 3.35. The van der Waals surface area contributed by atoms with Crippen molar-refractivity contribution >= 4 is 28.3 Å². The van der Waals surface area contributed by atoms with Crippen LogP contribution in [0.2, 0.25) is 0 Å². The molecular weight excluding hydrogens is 376 g/mol. The van der Waals surface area contributed by atoms with Gasteiger partial charge in [0, 0.05) is 5.38 Å². The van der Waals surface area contributed by atoms with Gasteiger partial charge in [-0.25, -0.2) is 4.98 Å². The predicted molar refractivity (Wildman–Crippen MR) is 107 cm³/mol. The van der Waals surface area contributed by atoms with E-state index in [0.717, 1.165) is 11.1 Å². The van der Waals surface area contributed by atoms with E-state index in [2.05, 4.69) is 15.0 Å². The average Bonchev–Trinajstić information content (AvgIpc) is 3.16. The van der Waals surface area contributed by atoms with Gasteiger partial charge in [0.25, 0.3) is 5.91 Å². The third kappa shape index (κ3) is 5.48. The van der Waals surface area contributed by atoms with Gasteiger partial charge in [-0.3, -0.25) is 14.9 Å². The number of nitrogens with one attached hydrogen (secondary N) is 1. The molecule has 0 fully saturated rings. The fraction of sp³-hybridized carbons (Fsp3) is 0.190. The number of esters is 1. The molecule has 0 bridgehead atoms. The third-order valence-electron chi connectivity index (χ3n) is 3.94. The van der Waals surface area contributed by atoms with Crippen LogP contribution in [-0.4, -0.2) is 30.6 Å². The van der Waals surface area contributed by atoms with Gasteiger partial charge in [0.1, 0.15) is 12.7 Å². The van der Waals surface area contributed by atoms with Gasteiger partial charge in [-0.15, -0.1) is 11.3 Å². The van der Waals surface area contributed by atoms with E-state index in [1.807, 2.05) is 60.7 Å². The van der Waals surface area contributed by atoms with E-state index >= 15 is 0 Å². The highest BCUT2D eigenvalue weighted by atomic mass is 32.1. The lowest BCUT2D eigenvalue weighted by molar-refractivity contribution is -0.139. The molecule has 6 nitrogen and oxygen atoms in total. The van der Waals surface area contributed by atoms with Crippen molar-refractivity contribution < 1.29 is 19.1 Å². The summed E-state index contributed by atoms with van der Waals surface area (Å²) in [5.41, 5.74) is 2.49. The zero-order valence-electron chi connectivity index (χ0n) is 15.3. The number of carbonyl (C=O) groups excluding carboxylic acids is 2. The van der Waals surface area contributed by atoms with Crippen LogP contribution in [0.4, 0.5) is 5.13 Å².